The number of aromatic nitrogens is 1. The Labute approximate surface area is 177 Å². The lowest BCUT2D eigenvalue weighted by atomic mass is 9.83. The normalized spacial score (nSPS) is 27.5. The Morgan fingerprint density at radius 2 is 2.07 bits per heavy atom. The van der Waals surface area contributed by atoms with Crippen LogP contribution >= 0.6 is 0 Å². The van der Waals surface area contributed by atoms with E-state index in [-0.39, 0.29) is 30.7 Å². The summed E-state index contributed by atoms with van der Waals surface area (Å²) in [7, 11) is -3.27. The van der Waals surface area contributed by atoms with E-state index in [1.807, 2.05) is 0 Å². The molecule has 0 bridgehead atoms. The van der Waals surface area contributed by atoms with Crippen molar-refractivity contribution in [3.63, 3.8) is 0 Å². The van der Waals surface area contributed by atoms with Gasteiger partial charge in [0.25, 0.3) is 0 Å². The van der Waals surface area contributed by atoms with Gasteiger partial charge in [0.05, 0.1) is 25.2 Å². The number of ether oxygens (including phenoxy) is 2. The van der Waals surface area contributed by atoms with Gasteiger partial charge in [-0.25, -0.2) is 22.5 Å². The van der Waals surface area contributed by atoms with Gasteiger partial charge in [-0.1, -0.05) is 0 Å². The van der Waals surface area contributed by atoms with Crippen LogP contribution in [0.1, 0.15) is 50.0 Å². The summed E-state index contributed by atoms with van der Waals surface area (Å²) in [5, 5.41) is 3.35. The van der Waals surface area contributed by atoms with Crippen molar-refractivity contribution in [1.82, 2.24) is 15.0 Å². The fourth-order valence-electron chi connectivity index (χ4n) is 4.29. The molecule has 2 atom stereocenters. The smallest absolute Gasteiger partial charge is 0.217 e. The molecule has 0 amide bonds. The Balaban J connectivity index is 1.52. The number of pyridine rings is 1. The van der Waals surface area contributed by atoms with E-state index in [4.69, 9.17) is 9.47 Å². The van der Waals surface area contributed by atoms with Crippen LogP contribution in [0.15, 0.2) is 12.3 Å². The maximum absolute atomic E-state index is 13.7. The van der Waals surface area contributed by atoms with E-state index < -0.39 is 15.8 Å². The Hall–Kier alpha value is -1.62. The number of sulfonamides is 1. The molecule has 1 aliphatic carbocycles. The lowest BCUT2D eigenvalue weighted by Crippen LogP contribution is -2.55. The van der Waals surface area contributed by atoms with Crippen molar-refractivity contribution >= 4 is 16.3 Å². The maximum Gasteiger partial charge on any atom is 0.217 e. The number of piperidine rings is 1. The Bertz CT molecular complexity index is 815. The quantitative estimate of drug-likeness (QED) is 0.557. The summed E-state index contributed by atoms with van der Waals surface area (Å²) < 4.78 is 51.1. The molecule has 8 nitrogen and oxygen atoms in total. The van der Waals surface area contributed by atoms with Crippen LogP contribution < -0.4 is 14.8 Å². The van der Waals surface area contributed by atoms with Crippen molar-refractivity contribution in [1.29, 1.82) is 0 Å². The van der Waals surface area contributed by atoms with Crippen molar-refractivity contribution in [2.75, 3.05) is 26.0 Å². The first-order chi connectivity index (χ1) is 14.4. The van der Waals surface area contributed by atoms with Gasteiger partial charge in [0, 0.05) is 17.6 Å². The number of carbonyl (C=O) groups is 1. The van der Waals surface area contributed by atoms with Crippen LogP contribution in [-0.2, 0) is 19.6 Å². The summed E-state index contributed by atoms with van der Waals surface area (Å²) in [6.07, 6.45) is 7.92. The molecule has 1 aromatic rings. The predicted octanol–water partition coefficient (Wildman–Crippen LogP) is 1.51. The molecule has 2 aliphatic rings. The van der Waals surface area contributed by atoms with Gasteiger partial charge in [0.1, 0.15) is 12.4 Å². The van der Waals surface area contributed by atoms with Gasteiger partial charge in [-0.15, -0.1) is 0 Å². The molecule has 0 spiro atoms. The van der Waals surface area contributed by atoms with Crippen LogP contribution in [0.3, 0.4) is 0 Å². The topological polar surface area (TPSA) is 107 Å². The fraction of sp³-hybridized carbons (Fsp3) is 0.700. The third-order valence-electron chi connectivity index (χ3n) is 5.71. The van der Waals surface area contributed by atoms with E-state index >= 15 is 0 Å². The monoisotopic (exact) mass is 443 g/mol. The number of hydrogen-bond acceptors (Lipinski definition) is 7. The first-order valence-corrected chi connectivity index (χ1v) is 12.3. The molecule has 0 unspecified atom stereocenters. The Morgan fingerprint density at radius 1 is 1.30 bits per heavy atom. The molecule has 2 N–H and O–H groups in total. The zero-order chi connectivity index (χ0) is 21.6. The van der Waals surface area contributed by atoms with Gasteiger partial charge in [-0.05, 0) is 57.1 Å². The van der Waals surface area contributed by atoms with Crippen molar-refractivity contribution in [3.05, 3.63) is 23.6 Å². The van der Waals surface area contributed by atoms with Crippen LogP contribution in [-0.4, -0.2) is 63.9 Å². The van der Waals surface area contributed by atoms with Crippen molar-refractivity contribution < 1.29 is 27.1 Å². The SMILES string of the molecule is CS(=O)(=O)N[C@H]1CCCN[C@H]1CO[C@H]1CC[C@@H](c2cc(F)cnc2OCC=O)CC1. The predicted molar refractivity (Wildman–Crippen MR) is 109 cm³/mol. The molecule has 3 rings (SSSR count). The van der Waals surface area contributed by atoms with E-state index in [0.717, 1.165) is 51.3 Å². The van der Waals surface area contributed by atoms with E-state index in [2.05, 4.69) is 15.0 Å². The molecular formula is C20H30FN3O5S. The third-order valence-corrected chi connectivity index (χ3v) is 6.44. The minimum atomic E-state index is -3.27. The molecule has 1 saturated carbocycles. The van der Waals surface area contributed by atoms with Gasteiger partial charge in [0.15, 0.2) is 6.29 Å². The molecule has 1 aromatic heterocycles. The van der Waals surface area contributed by atoms with Crippen LogP contribution in [0.2, 0.25) is 0 Å². The zero-order valence-electron chi connectivity index (χ0n) is 17.2. The third kappa shape index (κ3) is 6.69. The van der Waals surface area contributed by atoms with Crippen molar-refractivity contribution in [2.45, 2.75) is 62.6 Å². The standard InChI is InChI=1S/C20H30FN3O5S/c1-30(26,27)24-18-3-2-8-22-19(18)13-29-16-6-4-14(5-7-16)17-11-15(21)12-23-20(17)28-10-9-25/h9,11-12,14,16,18-19,22,24H,2-8,10,13H2,1H3/t14-,16+,18-,19-/m0/s1. The summed E-state index contributed by atoms with van der Waals surface area (Å²) in [6.45, 7) is 1.18. The van der Waals surface area contributed by atoms with E-state index in [9.17, 15) is 17.6 Å². The minimum absolute atomic E-state index is 0.0537. The molecular weight excluding hydrogens is 413 g/mol. The first kappa shape index (κ1) is 23.1. The summed E-state index contributed by atoms with van der Waals surface area (Å²) in [5.41, 5.74) is 0.696. The average molecular weight is 444 g/mol. The van der Waals surface area contributed by atoms with E-state index in [1.54, 1.807) is 0 Å². The minimum Gasteiger partial charge on any atom is -0.470 e. The lowest BCUT2D eigenvalue weighted by Gasteiger charge is -2.35. The molecule has 168 valence electrons. The highest BCUT2D eigenvalue weighted by atomic mass is 32.2. The lowest BCUT2D eigenvalue weighted by molar-refractivity contribution is -0.109. The summed E-state index contributed by atoms with van der Waals surface area (Å²) in [4.78, 5) is 14.6. The van der Waals surface area contributed by atoms with Gasteiger partial charge in [-0.3, -0.25) is 4.79 Å². The Morgan fingerprint density at radius 3 is 2.77 bits per heavy atom. The molecule has 2 fully saturated rings. The van der Waals surface area contributed by atoms with Crippen molar-refractivity contribution in [3.8, 4) is 5.88 Å². The number of hydrogen-bond donors (Lipinski definition) is 2. The number of carbonyl (C=O) groups excluding carboxylic acids is 1. The highest BCUT2D eigenvalue weighted by Gasteiger charge is 2.30. The number of aldehydes is 1. The van der Waals surface area contributed by atoms with Crippen LogP contribution in [0.4, 0.5) is 4.39 Å². The molecule has 2 heterocycles. The van der Waals surface area contributed by atoms with Crippen LogP contribution in [0, 0.1) is 5.82 Å². The van der Waals surface area contributed by atoms with Gasteiger partial charge in [0.2, 0.25) is 15.9 Å². The first-order valence-electron chi connectivity index (χ1n) is 10.4. The molecule has 10 heteroatoms. The average Bonchev–Trinajstić information content (AvgIpc) is 2.71. The van der Waals surface area contributed by atoms with Gasteiger partial charge < -0.3 is 14.8 Å². The summed E-state index contributed by atoms with van der Waals surface area (Å²) >= 11 is 0. The number of halogens is 1. The summed E-state index contributed by atoms with van der Waals surface area (Å²) in [5.74, 6) is -0.00857. The molecule has 0 aromatic carbocycles. The van der Waals surface area contributed by atoms with E-state index in [1.165, 1.54) is 12.3 Å². The zero-order valence-corrected chi connectivity index (χ0v) is 18.0. The highest BCUT2D eigenvalue weighted by molar-refractivity contribution is 7.88. The van der Waals surface area contributed by atoms with Gasteiger partial charge in [-0.2, -0.15) is 0 Å². The number of nitrogens with zero attached hydrogens (tertiary/aromatic N) is 1. The largest absolute Gasteiger partial charge is 0.470 e. The van der Waals surface area contributed by atoms with Crippen LogP contribution in [0.5, 0.6) is 5.88 Å². The molecule has 1 aliphatic heterocycles. The number of rotatable bonds is 9. The second-order valence-corrected chi connectivity index (χ2v) is 9.81. The van der Waals surface area contributed by atoms with Crippen molar-refractivity contribution in [2.24, 2.45) is 0 Å². The number of nitrogens with one attached hydrogen (secondary N) is 2. The van der Waals surface area contributed by atoms with Crippen LogP contribution in [0.25, 0.3) is 0 Å². The maximum atomic E-state index is 13.7. The second-order valence-electron chi connectivity index (χ2n) is 8.03. The van der Waals surface area contributed by atoms with E-state index in [0.29, 0.717) is 24.3 Å². The highest BCUT2D eigenvalue weighted by Crippen LogP contribution is 2.38. The second kappa shape index (κ2) is 10.6. The molecule has 30 heavy (non-hydrogen) atoms. The van der Waals surface area contributed by atoms with Gasteiger partial charge >= 0.3 is 0 Å². The molecule has 0 radical (unpaired) electrons. The fourth-order valence-corrected chi connectivity index (χ4v) is 5.12. The summed E-state index contributed by atoms with van der Waals surface area (Å²) in [6, 6.07) is 1.22. The molecule has 1 saturated heterocycles. The Kier molecular flexibility index (Phi) is 8.15.